The largest absolute Gasteiger partial charge is 0.477 e. The fourth-order valence-electron chi connectivity index (χ4n) is 7.31. The standard InChI is InChI=1S/C54H99NO8/c1-6-8-10-12-14-16-18-20-21-22-23-24-25-26-27-28-29-30-31-33-35-37-39-41-43-45-52(57)63-50(49-62-54(53(58)59)60-47-46-55(3,4)5)48-61-51(56)44-42-40-38-36-34-32-19-17-15-13-11-9-7-2/h18,20,22-23,25-26,50,54H,6-17,19,21,24,27-49H2,1-5H3/p+1/b20-18-,23-22-,26-25-. The van der Waals surface area contributed by atoms with E-state index in [2.05, 4.69) is 50.3 Å². The lowest BCUT2D eigenvalue weighted by molar-refractivity contribution is -0.870. The third kappa shape index (κ3) is 47.3. The number of nitrogens with zero attached hydrogens (tertiary/aromatic N) is 1. The van der Waals surface area contributed by atoms with Crippen LogP contribution < -0.4 is 0 Å². The predicted molar refractivity (Wildman–Crippen MR) is 263 cm³/mol. The molecule has 1 N–H and O–H groups in total. The Hall–Kier alpha value is -2.49. The van der Waals surface area contributed by atoms with Crippen LogP contribution in [0.1, 0.15) is 232 Å². The highest BCUT2D eigenvalue weighted by atomic mass is 16.7. The Kier molecular flexibility index (Phi) is 44.2. The number of esters is 2. The topological polar surface area (TPSA) is 108 Å². The number of aliphatic carboxylic acids is 1. The monoisotopic (exact) mass is 891 g/mol. The summed E-state index contributed by atoms with van der Waals surface area (Å²) in [5.74, 6) is -2.00. The van der Waals surface area contributed by atoms with Crippen LogP contribution in [0.15, 0.2) is 36.5 Å². The average Bonchev–Trinajstić information content (AvgIpc) is 3.24. The van der Waals surface area contributed by atoms with E-state index >= 15 is 0 Å². The molecule has 9 nitrogen and oxygen atoms in total. The lowest BCUT2D eigenvalue weighted by Gasteiger charge is -2.25. The van der Waals surface area contributed by atoms with Crippen molar-refractivity contribution in [3.8, 4) is 0 Å². The fourth-order valence-corrected chi connectivity index (χ4v) is 7.31. The number of likely N-dealkylation sites (N-methyl/N-ethyl adjacent to an activating group) is 1. The van der Waals surface area contributed by atoms with E-state index in [1.165, 1.54) is 148 Å². The van der Waals surface area contributed by atoms with Gasteiger partial charge in [0.1, 0.15) is 13.2 Å². The summed E-state index contributed by atoms with van der Waals surface area (Å²) in [5, 5.41) is 9.66. The van der Waals surface area contributed by atoms with Crippen molar-refractivity contribution in [1.29, 1.82) is 0 Å². The molecule has 9 heteroatoms. The summed E-state index contributed by atoms with van der Waals surface area (Å²) >= 11 is 0. The number of carbonyl (C=O) groups is 3. The molecule has 0 amide bonds. The molecular formula is C54H100NO8+. The van der Waals surface area contributed by atoms with Crippen molar-refractivity contribution in [3.63, 3.8) is 0 Å². The number of carboxylic acids is 1. The highest BCUT2D eigenvalue weighted by molar-refractivity contribution is 5.71. The van der Waals surface area contributed by atoms with Crippen molar-refractivity contribution in [1.82, 2.24) is 0 Å². The number of hydrogen-bond donors (Lipinski definition) is 1. The van der Waals surface area contributed by atoms with Gasteiger partial charge in [-0.2, -0.15) is 0 Å². The van der Waals surface area contributed by atoms with E-state index in [1.54, 1.807) is 0 Å². The van der Waals surface area contributed by atoms with E-state index in [9.17, 15) is 19.5 Å². The van der Waals surface area contributed by atoms with E-state index in [1.807, 2.05) is 21.1 Å². The molecule has 2 unspecified atom stereocenters. The molecule has 0 aliphatic carbocycles. The normalized spacial score (nSPS) is 13.1. The number of hydrogen-bond acceptors (Lipinski definition) is 7. The molecule has 0 aliphatic heterocycles. The Morgan fingerprint density at radius 2 is 0.857 bits per heavy atom. The minimum atomic E-state index is -1.51. The van der Waals surface area contributed by atoms with E-state index in [0.717, 1.165) is 57.8 Å². The van der Waals surface area contributed by atoms with Gasteiger partial charge >= 0.3 is 17.9 Å². The fraction of sp³-hybridized carbons (Fsp3) is 0.833. The number of carbonyl (C=O) groups excluding carboxylic acids is 2. The van der Waals surface area contributed by atoms with Crippen LogP contribution in [0.2, 0.25) is 0 Å². The molecular weight excluding hydrogens is 791 g/mol. The Balaban J connectivity index is 4.27. The lowest BCUT2D eigenvalue weighted by atomic mass is 10.0. The number of quaternary nitrogens is 1. The van der Waals surface area contributed by atoms with Crippen LogP contribution in [-0.2, 0) is 33.3 Å². The molecule has 0 spiro atoms. The van der Waals surface area contributed by atoms with Gasteiger partial charge in [-0.25, -0.2) is 4.79 Å². The van der Waals surface area contributed by atoms with E-state index in [4.69, 9.17) is 18.9 Å². The molecule has 368 valence electrons. The summed E-state index contributed by atoms with van der Waals surface area (Å²) < 4.78 is 22.8. The van der Waals surface area contributed by atoms with Gasteiger partial charge < -0.3 is 28.5 Å². The van der Waals surface area contributed by atoms with E-state index in [0.29, 0.717) is 17.4 Å². The van der Waals surface area contributed by atoms with Gasteiger partial charge in [-0.15, -0.1) is 0 Å². The first-order chi connectivity index (χ1) is 30.6. The van der Waals surface area contributed by atoms with E-state index in [-0.39, 0.29) is 32.2 Å². The van der Waals surface area contributed by atoms with Crippen LogP contribution in [0.25, 0.3) is 0 Å². The smallest absolute Gasteiger partial charge is 0.361 e. The zero-order valence-corrected chi connectivity index (χ0v) is 41.7. The van der Waals surface area contributed by atoms with Gasteiger partial charge in [-0.05, 0) is 51.4 Å². The Morgan fingerprint density at radius 1 is 0.476 bits per heavy atom. The molecule has 0 aromatic carbocycles. The summed E-state index contributed by atoms with van der Waals surface area (Å²) in [4.78, 5) is 37.2. The Bertz CT molecular complexity index is 1130. The van der Waals surface area contributed by atoms with Gasteiger partial charge in [0.2, 0.25) is 0 Å². The Morgan fingerprint density at radius 3 is 1.27 bits per heavy atom. The molecule has 0 bridgehead atoms. The van der Waals surface area contributed by atoms with Crippen molar-refractivity contribution in [2.24, 2.45) is 0 Å². The summed E-state index contributed by atoms with van der Waals surface area (Å²) in [6.45, 7) is 4.87. The highest BCUT2D eigenvalue weighted by Gasteiger charge is 2.25. The van der Waals surface area contributed by atoms with Gasteiger partial charge in [0.15, 0.2) is 6.10 Å². The third-order valence-electron chi connectivity index (χ3n) is 11.4. The molecule has 0 saturated carbocycles. The molecule has 2 atom stereocenters. The van der Waals surface area contributed by atoms with E-state index < -0.39 is 24.3 Å². The number of rotatable bonds is 48. The average molecular weight is 891 g/mol. The maximum Gasteiger partial charge on any atom is 0.361 e. The van der Waals surface area contributed by atoms with Crippen molar-refractivity contribution in [2.45, 2.75) is 245 Å². The van der Waals surface area contributed by atoms with Gasteiger partial charge in [0.25, 0.3) is 6.29 Å². The first kappa shape index (κ1) is 60.5. The second-order valence-electron chi connectivity index (χ2n) is 18.8. The van der Waals surface area contributed by atoms with Crippen LogP contribution in [0.5, 0.6) is 0 Å². The molecule has 0 saturated heterocycles. The van der Waals surface area contributed by atoms with Gasteiger partial charge in [-0.1, -0.05) is 204 Å². The highest BCUT2D eigenvalue weighted by Crippen LogP contribution is 2.15. The molecule has 0 aromatic rings. The SMILES string of the molecule is CCCCCCC/C=C\C/C=C\C/C=C\CCCCCCCCCCCCC(=O)OC(COC(=O)CCCCCCCCCCCCCCC)COC(OCC[N+](C)(C)C)C(=O)O. The molecule has 0 rings (SSSR count). The maximum atomic E-state index is 12.8. The molecule has 0 radical (unpaired) electrons. The van der Waals surface area contributed by atoms with Crippen LogP contribution in [0.4, 0.5) is 0 Å². The lowest BCUT2D eigenvalue weighted by Crippen LogP contribution is -2.40. The molecule has 0 aliphatic rings. The second kappa shape index (κ2) is 46.1. The van der Waals surface area contributed by atoms with Gasteiger partial charge in [0, 0.05) is 12.8 Å². The van der Waals surface area contributed by atoms with Crippen LogP contribution >= 0.6 is 0 Å². The van der Waals surface area contributed by atoms with Crippen molar-refractivity contribution in [2.75, 3.05) is 47.5 Å². The van der Waals surface area contributed by atoms with Gasteiger partial charge in [-0.3, -0.25) is 9.59 Å². The molecule has 0 fully saturated rings. The van der Waals surface area contributed by atoms with Crippen molar-refractivity contribution >= 4 is 17.9 Å². The minimum absolute atomic E-state index is 0.180. The van der Waals surface area contributed by atoms with Crippen LogP contribution in [-0.4, -0.2) is 87.4 Å². The zero-order valence-electron chi connectivity index (χ0n) is 41.7. The van der Waals surface area contributed by atoms with Crippen LogP contribution in [0.3, 0.4) is 0 Å². The second-order valence-corrected chi connectivity index (χ2v) is 18.8. The number of ether oxygens (including phenoxy) is 4. The predicted octanol–water partition coefficient (Wildman–Crippen LogP) is 14.6. The van der Waals surface area contributed by atoms with Gasteiger partial charge in [0.05, 0.1) is 34.4 Å². The summed E-state index contributed by atoms with van der Waals surface area (Å²) in [7, 11) is 5.96. The summed E-state index contributed by atoms with van der Waals surface area (Å²) in [6, 6.07) is 0. The molecule has 0 heterocycles. The van der Waals surface area contributed by atoms with Crippen molar-refractivity contribution in [3.05, 3.63) is 36.5 Å². The Labute approximate surface area is 388 Å². The molecule has 63 heavy (non-hydrogen) atoms. The third-order valence-corrected chi connectivity index (χ3v) is 11.4. The quantitative estimate of drug-likeness (QED) is 0.0212. The first-order valence-electron chi connectivity index (χ1n) is 26.2. The maximum absolute atomic E-state index is 12.8. The number of unbranched alkanes of at least 4 members (excludes halogenated alkanes) is 27. The molecule has 0 aromatic heterocycles. The van der Waals surface area contributed by atoms with Crippen molar-refractivity contribution < 1.29 is 42.9 Å². The number of carboxylic acid groups (broad SMARTS) is 1. The summed E-state index contributed by atoms with van der Waals surface area (Å²) in [6.07, 6.45) is 50.6. The summed E-state index contributed by atoms with van der Waals surface area (Å²) in [5.41, 5.74) is 0. The zero-order chi connectivity index (χ0) is 46.3. The van der Waals surface area contributed by atoms with Crippen LogP contribution in [0, 0.1) is 0 Å². The number of allylic oxidation sites excluding steroid dienone is 6. The first-order valence-corrected chi connectivity index (χ1v) is 26.2. The minimum Gasteiger partial charge on any atom is -0.477 e.